The number of hydrogen-bond donors (Lipinski definition) is 0. The van der Waals surface area contributed by atoms with Gasteiger partial charge in [-0.1, -0.05) is 62.3 Å². The van der Waals surface area contributed by atoms with E-state index < -0.39 is 34.2 Å². The monoisotopic (exact) mass is 522 g/mol. The van der Waals surface area contributed by atoms with Gasteiger partial charge in [0.1, 0.15) is 0 Å². The topological polar surface area (TPSA) is 120 Å². The van der Waals surface area contributed by atoms with Crippen LogP contribution in [0.25, 0.3) is 6.08 Å². The van der Waals surface area contributed by atoms with Crippen LogP contribution in [-0.4, -0.2) is 17.9 Å². The molecule has 1 aliphatic carbocycles. The van der Waals surface area contributed by atoms with E-state index in [1.54, 1.807) is 90.3 Å². The van der Waals surface area contributed by atoms with Crippen molar-refractivity contribution >= 4 is 24.0 Å². The van der Waals surface area contributed by atoms with Gasteiger partial charge in [-0.3, -0.25) is 0 Å². The zero-order chi connectivity index (χ0) is 26.1. The third-order valence-corrected chi connectivity index (χ3v) is 5.50. The summed E-state index contributed by atoms with van der Waals surface area (Å²) in [6, 6.07) is 8.66. The molecule has 1 aromatic carbocycles. The number of fused-ring (bicyclic) bond motifs is 1. The molecule has 0 aromatic heterocycles. The number of aliphatic carboxylic acids is 3. The molecule has 32 heavy (non-hydrogen) atoms. The van der Waals surface area contributed by atoms with Crippen molar-refractivity contribution in [2.75, 3.05) is 0 Å². The van der Waals surface area contributed by atoms with E-state index in [2.05, 4.69) is 37.3 Å². The second kappa shape index (κ2) is 13.1. The molecule has 1 atom stereocenters. The van der Waals surface area contributed by atoms with Crippen molar-refractivity contribution in [1.29, 1.82) is 0 Å². The second-order valence-electron chi connectivity index (χ2n) is 10.6. The number of hydrogen-bond acceptors (Lipinski definition) is 6. The van der Waals surface area contributed by atoms with Gasteiger partial charge in [0.2, 0.25) is 0 Å². The molecule has 0 N–H and O–H groups in total. The van der Waals surface area contributed by atoms with Crippen LogP contribution in [0.1, 0.15) is 86.3 Å². The summed E-state index contributed by atoms with van der Waals surface area (Å²) >= 11 is 1.55. The van der Waals surface area contributed by atoms with Crippen molar-refractivity contribution in [2.45, 2.75) is 75.2 Å². The van der Waals surface area contributed by atoms with Gasteiger partial charge in [0.15, 0.2) is 0 Å². The summed E-state index contributed by atoms with van der Waals surface area (Å²) in [6.45, 7) is 16.7. The van der Waals surface area contributed by atoms with Gasteiger partial charge in [0, 0.05) is 34.2 Å². The Kier molecular flexibility index (Phi) is 13.3. The van der Waals surface area contributed by atoms with E-state index >= 15 is 0 Å². The molecule has 0 heterocycles. The first kappa shape index (κ1) is 32.4. The van der Waals surface area contributed by atoms with E-state index in [1.165, 1.54) is 11.1 Å². The average Bonchev–Trinajstić information content (AvgIpc) is 2.89. The molecule has 0 saturated heterocycles. The fourth-order valence-corrected chi connectivity index (χ4v) is 2.26. The molecule has 0 bridgehead atoms. The summed E-state index contributed by atoms with van der Waals surface area (Å²) in [4.78, 5) is 29.7. The van der Waals surface area contributed by atoms with Crippen LogP contribution in [0, 0.1) is 16.2 Å². The Hall–Kier alpha value is -1.75. The molecule has 1 aromatic rings. The van der Waals surface area contributed by atoms with Crippen molar-refractivity contribution in [3.63, 3.8) is 0 Å². The molecule has 1 aliphatic rings. The summed E-state index contributed by atoms with van der Waals surface area (Å²) < 4.78 is 1.57. The summed E-state index contributed by atoms with van der Waals surface area (Å²) in [5, 5.41) is 29.7. The van der Waals surface area contributed by atoms with Crippen LogP contribution in [0.5, 0.6) is 0 Å². The Labute approximate surface area is 208 Å². The van der Waals surface area contributed by atoms with E-state index in [-0.39, 0.29) is 0 Å². The van der Waals surface area contributed by atoms with Gasteiger partial charge >= 0.3 is 82.3 Å². The fraction of sp³-hybridized carbons (Fsp3) is 0.560. The van der Waals surface area contributed by atoms with Crippen molar-refractivity contribution in [3.8, 4) is 0 Å². The van der Waals surface area contributed by atoms with Crippen LogP contribution in [0.2, 0.25) is 0 Å². The molecule has 6 nitrogen and oxygen atoms in total. The minimum atomic E-state index is -1.01. The quantitative estimate of drug-likeness (QED) is 0.513. The molecule has 0 spiro atoms. The zero-order valence-electron chi connectivity index (χ0n) is 20.9. The third kappa shape index (κ3) is 13.6. The zero-order valence-corrected chi connectivity index (χ0v) is 23.4. The van der Waals surface area contributed by atoms with E-state index in [0.717, 1.165) is 0 Å². The predicted molar refractivity (Wildman–Crippen MR) is 116 cm³/mol. The van der Waals surface area contributed by atoms with Gasteiger partial charge in [-0.25, -0.2) is 0 Å². The first-order chi connectivity index (χ1) is 14.1. The molecular weight excluding hydrogens is 487 g/mol. The van der Waals surface area contributed by atoms with Gasteiger partial charge in [-0.05, 0) is 0 Å². The van der Waals surface area contributed by atoms with E-state index in [9.17, 15) is 29.7 Å². The van der Waals surface area contributed by atoms with Crippen molar-refractivity contribution in [1.82, 2.24) is 0 Å². The van der Waals surface area contributed by atoms with Crippen LogP contribution in [0.15, 0.2) is 27.5 Å². The summed E-state index contributed by atoms with van der Waals surface area (Å²) in [7, 11) is 0. The molecule has 0 aliphatic heterocycles. The second-order valence-corrected chi connectivity index (χ2v) is 12.0. The van der Waals surface area contributed by atoms with Crippen molar-refractivity contribution < 1.29 is 54.4 Å². The maximum absolute atomic E-state index is 9.91. The third-order valence-electron chi connectivity index (χ3n) is 4.08. The summed E-state index contributed by atoms with van der Waals surface area (Å²) in [6.07, 6.45) is 2.32. The number of rotatable bonds is 0. The molecule has 1 unspecified atom stereocenters. The number of carboxylic acids is 3. The Bertz CT molecular complexity index is 748. The van der Waals surface area contributed by atoms with Crippen LogP contribution in [0.4, 0.5) is 0 Å². The Morgan fingerprint density at radius 3 is 1.25 bits per heavy atom. The molecule has 0 radical (unpaired) electrons. The number of benzene rings is 1. The molecule has 0 saturated carbocycles. The Morgan fingerprint density at radius 2 is 1.00 bits per heavy atom. The SMILES string of the molecule is CC(C)(C)C(=O)[O-].CC(C)(C)C(=O)[O-].CC(C)(C)C(=O)[O-].CC1[C]([Zr+3])=Cc2ccccc21. The molecule has 7 heteroatoms. The first-order valence-electron chi connectivity index (χ1n) is 10.3. The predicted octanol–water partition coefficient (Wildman–Crippen LogP) is 2.04. The molecule has 2 rings (SSSR count). The number of carbonyl (C=O) groups excluding carboxylic acids is 3. The molecule has 0 fully saturated rings. The fourth-order valence-electron chi connectivity index (χ4n) is 1.50. The maximum atomic E-state index is 9.91. The van der Waals surface area contributed by atoms with Crippen molar-refractivity contribution in [2.24, 2.45) is 16.2 Å². The Morgan fingerprint density at radius 1 is 0.719 bits per heavy atom. The van der Waals surface area contributed by atoms with Crippen molar-refractivity contribution in [3.05, 3.63) is 38.7 Å². The number of allylic oxidation sites excluding steroid dienone is 1. The molecular formula is C25H36O6Zr. The van der Waals surface area contributed by atoms with Crippen LogP contribution >= 0.6 is 0 Å². The first-order valence-corrected chi connectivity index (χ1v) is 11.5. The average molecular weight is 524 g/mol. The van der Waals surface area contributed by atoms with Gasteiger partial charge in [0.05, 0.1) is 0 Å². The van der Waals surface area contributed by atoms with Crippen LogP contribution in [0.3, 0.4) is 0 Å². The van der Waals surface area contributed by atoms with E-state index in [4.69, 9.17) is 0 Å². The molecule has 0 amide bonds. The van der Waals surface area contributed by atoms with E-state index in [1.807, 2.05) is 0 Å². The number of carboxylic acid groups (broad SMARTS) is 3. The number of carbonyl (C=O) groups is 3. The normalized spacial score (nSPS) is 14.8. The summed E-state index contributed by atoms with van der Waals surface area (Å²) in [5.41, 5.74) is 0.839. The van der Waals surface area contributed by atoms with Crippen LogP contribution in [-0.2, 0) is 39.1 Å². The van der Waals surface area contributed by atoms with Gasteiger partial charge in [-0.2, -0.15) is 0 Å². The van der Waals surface area contributed by atoms with Gasteiger partial charge < -0.3 is 29.7 Å². The summed E-state index contributed by atoms with van der Waals surface area (Å²) in [5.74, 6) is -2.35. The van der Waals surface area contributed by atoms with E-state index in [0.29, 0.717) is 5.92 Å². The molecule has 176 valence electrons. The Balaban J connectivity index is 0. The standard InChI is InChI=1S/C10H9.3C5H10O2.Zr/c1-8-6-7-9-4-2-3-5-10(8)9;3*1-5(2,3)4(6)7;/h2-5,7-8H,1H3;3*1-3H3,(H,6,7);/q;;;;+3/p-3. The van der Waals surface area contributed by atoms with Gasteiger partial charge in [0.25, 0.3) is 0 Å². The van der Waals surface area contributed by atoms with Crippen LogP contribution < -0.4 is 15.3 Å². The van der Waals surface area contributed by atoms with Gasteiger partial charge in [-0.15, -0.1) is 0 Å². The minimum absolute atomic E-state index is 0.671.